The third kappa shape index (κ3) is 2.58. The summed E-state index contributed by atoms with van der Waals surface area (Å²) in [6.45, 7) is 0.378. The summed E-state index contributed by atoms with van der Waals surface area (Å²) in [6.07, 6.45) is -0.343. The molecule has 1 aliphatic rings. The SMILES string of the molecule is Brc1ccc(-c2nn3c([C@@H]4COc5ccccc5O4)nnc3s2)cc1. The number of aromatic nitrogens is 4. The van der Waals surface area contributed by atoms with Crippen molar-refractivity contribution < 1.29 is 9.47 Å². The van der Waals surface area contributed by atoms with Crippen molar-refractivity contribution in [1.29, 1.82) is 0 Å². The van der Waals surface area contributed by atoms with Crippen molar-refractivity contribution >= 4 is 32.2 Å². The Hall–Kier alpha value is -2.45. The number of para-hydroxylation sites is 2. The minimum atomic E-state index is -0.343. The number of halogens is 1. The average Bonchev–Trinajstić information content (AvgIpc) is 3.22. The summed E-state index contributed by atoms with van der Waals surface area (Å²) in [7, 11) is 0. The first-order valence-corrected chi connectivity index (χ1v) is 9.25. The summed E-state index contributed by atoms with van der Waals surface area (Å²) < 4.78 is 14.6. The lowest BCUT2D eigenvalue weighted by Gasteiger charge is -2.24. The van der Waals surface area contributed by atoms with Crippen LogP contribution in [-0.4, -0.2) is 26.4 Å². The van der Waals surface area contributed by atoms with Gasteiger partial charge in [-0.25, -0.2) is 0 Å². The molecule has 5 rings (SSSR count). The lowest BCUT2D eigenvalue weighted by molar-refractivity contribution is 0.0836. The zero-order chi connectivity index (χ0) is 16.8. The second-order valence-electron chi connectivity index (χ2n) is 5.53. The van der Waals surface area contributed by atoms with Crippen LogP contribution in [0.25, 0.3) is 15.5 Å². The van der Waals surface area contributed by atoms with E-state index in [4.69, 9.17) is 9.47 Å². The maximum absolute atomic E-state index is 6.03. The zero-order valence-corrected chi connectivity index (χ0v) is 15.2. The molecule has 0 N–H and O–H groups in total. The van der Waals surface area contributed by atoms with Crippen molar-refractivity contribution in [3.63, 3.8) is 0 Å². The highest BCUT2D eigenvalue weighted by Crippen LogP contribution is 2.36. The van der Waals surface area contributed by atoms with E-state index in [2.05, 4.69) is 31.2 Å². The van der Waals surface area contributed by atoms with Crippen LogP contribution < -0.4 is 9.47 Å². The molecule has 0 amide bonds. The van der Waals surface area contributed by atoms with Crippen molar-refractivity contribution in [2.75, 3.05) is 6.61 Å². The van der Waals surface area contributed by atoms with E-state index in [0.29, 0.717) is 18.2 Å². The molecule has 4 aromatic rings. The highest BCUT2D eigenvalue weighted by molar-refractivity contribution is 9.10. The van der Waals surface area contributed by atoms with Gasteiger partial charge in [-0.05, 0) is 24.3 Å². The third-order valence-electron chi connectivity index (χ3n) is 3.90. The Bertz CT molecular complexity index is 1060. The molecule has 0 saturated heterocycles. The van der Waals surface area contributed by atoms with E-state index in [1.807, 2.05) is 48.5 Å². The van der Waals surface area contributed by atoms with Crippen molar-refractivity contribution in [3.8, 4) is 22.1 Å². The van der Waals surface area contributed by atoms with E-state index in [1.165, 1.54) is 11.3 Å². The van der Waals surface area contributed by atoms with Gasteiger partial charge in [0, 0.05) is 10.0 Å². The summed E-state index contributed by atoms with van der Waals surface area (Å²) in [4.78, 5) is 0.732. The van der Waals surface area contributed by atoms with E-state index in [-0.39, 0.29) is 6.10 Å². The highest BCUT2D eigenvalue weighted by Gasteiger charge is 2.28. The summed E-state index contributed by atoms with van der Waals surface area (Å²) in [5.41, 5.74) is 1.04. The molecule has 0 spiro atoms. The first-order valence-electron chi connectivity index (χ1n) is 7.64. The molecule has 2 aromatic heterocycles. The van der Waals surface area contributed by atoms with E-state index in [1.54, 1.807) is 4.52 Å². The van der Waals surface area contributed by atoms with Gasteiger partial charge in [-0.15, -0.1) is 10.2 Å². The fraction of sp³-hybridized carbons (Fsp3) is 0.118. The molecule has 6 nitrogen and oxygen atoms in total. The Balaban J connectivity index is 1.51. The Morgan fingerprint density at radius 2 is 1.84 bits per heavy atom. The van der Waals surface area contributed by atoms with E-state index < -0.39 is 0 Å². The molecular weight excluding hydrogens is 404 g/mol. The van der Waals surface area contributed by atoms with E-state index >= 15 is 0 Å². The van der Waals surface area contributed by atoms with Crippen LogP contribution in [0.3, 0.4) is 0 Å². The van der Waals surface area contributed by atoms with Crippen molar-refractivity contribution in [1.82, 2.24) is 19.8 Å². The molecular formula is C17H11BrN4O2S. The van der Waals surface area contributed by atoms with Gasteiger partial charge in [-0.1, -0.05) is 51.5 Å². The highest BCUT2D eigenvalue weighted by atomic mass is 79.9. The van der Waals surface area contributed by atoms with Crippen LogP contribution in [0.1, 0.15) is 11.9 Å². The number of benzene rings is 2. The molecule has 1 atom stereocenters. The zero-order valence-electron chi connectivity index (χ0n) is 12.8. The molecule has 0 radical (unpaired) electrons. The quantitative estimate of drug-likeness (QED) is 0.493. The number of rotatable bonds is 2. The average molecular weight is 415 g/mol. The first-order chi connectivity index (χ1) is 12.3. The van der Waals surface area contributed by atoms with Gasteiger partial charge in [0.05, 0.1) is 0 Å². The Morgan fingerprint density at radius 1 is 1.04 bits per heavy atom. The molecule has 0 saturated carbocycles. The van der Waals surface area contributed by atoms with Crippen molar-refractivity contribution in [2.45, 2.75) is 6.10 Å². The largest absolute Gasteiger partial charge is 0.485 e. The predicted octanol–water partition coefficient (Wildman–Crippen LogP) is 4.13. The molecule has 0 bridgehead atoms. The number of hydrogen-bond donors (Lipinski definition) is 0. The summed E-state index contributed by atoms with van der Waals surface area (Å²) in [5.74, 6) is 2.09. The summed E-state index contributed by atoms with van der Waals surface area (Å²) >= 11 is 4.94. The van der Waals surface area contributed by atoms with E-state index in [0.717, 1.165) is 25.8 Å². The number of ether oxygens (including phenoxy) is 2. The Labute approximate surface area is 155 Å². The molecule has 8 heteroatoms. The molecule has 0 aliphatic carbocycles. The standard InChI is InChI=1S/C17H11BrN4O2S/c18-11-7-5-10(6-8-11)16-21-22-15(19-20-17(22)25-16)14-9-23-12-3-1-2-4-13(12)24-14/h1-8,14H,9H2/t14-/m0/s1. The predicted molar refractivity (Wildman–Crippen MR) is 97.1 cm³/mol. The molecule has 0 fully saturated rings. The first kappa shape index (κ1) is 14.9. The molecule has 1 aliphatic heterocycles. The Kier molecular flexibility index (Phi) is 3.46. The van der Waals surface area contributed by atoms with Crippen LogP contribution in [0, 0.1) is 0 Å². The number of nitrogens with zero attached hydrogens (tertiary/aromatic N) is 4. The van der Waals surface area contributed by atoms with Crippen molar-refractivity contribution in [3.05, 3.63) is 58.8 Å². The maximum atomic E-state index is 6.03. The normalized spacial score (nSPS) is 16.3. The fourth-order valence-corrected chi connectivity index (χ4v) is 3.80. The number of hydrogen-bond acceptors (Lipinski definition) is 6. The second-order valence-corrected chi connectivity index (χ2v) is 7.40. The smallest absolute Gasteiger partial charge is 0.235 e. The minimum Gasteiger partial charge on any atom is -0.485 e. The van der Waals surface area contributed by atoms with Crippen LogP contribution in [0.5, 0.6) is 11.5 Å². The van der Waals surface area contributed by atoms with Crippen LogP contribution in [0.15, 0.2) is 53.0 Å². The number of fused-ring (bicyclic) bond motifs is 2. The lowest BCUT2D eigenvalue weighted by Crippen LogP contribution is -2.23. The molecule has 0 unspecified atom stereocenters. The van der Waals surface area contributed by atoms with E-state index in [9.17, 15) is 0 Å². The topological polar surface area (TPSA) is 61.5 Å². The van der Waals surface area contributed by atoms with Crippen LogP contribution in [-0.2, 0) is 0 Å². The molecule has 124 valence electrons. The van der Waals surface area contributed by atoms with Crippen LogP contribution in [0.4, 0.5) is 0 Å². The molecule has 2 aromatic carbocycles. The Morgan fingerprint density at radius 3 is 2.68 bits per heavy atom. The second kappa shape index (κ2) is 5.82. The van der Waals surface area contributed by atoms with Crippen LogP contribution >= 0.6 is 27.3 Å². The maximum Gasteiger partial charge on any atom is 0.235 e. The van der Waals surface area contributed by atoms with Gasteiger partial charge in [0.15, 0.2) is 23.4 Å². The summed E-state index contributed by atoms with van der Waals surface area (Å²) in [5, 5.41) is 14.0. The summed E-state index contributed by atoms with van der Waals surface area (Å²) in [6, 6.07) is 15.6. The third-order valence-corrected chi connectivity index (χ3v) is 5.38. The fourth-order valence-electron chi connectivity index (χ4n) is 2.69. The van der Waals surface area contributed by atoms with Crippen molar-refractivity contribution in [2.24, 2.45) is 0 Å². The molecule has 3 heterocycles. The van der Waals surface area contributed by atoms with Gasteiger partial charge in [0.2, 0.25) is 4.96 Å². The van der Waals surface area contributed by atoms with Gasteiger partial charge < -0.3 is 9.47 Å². The monoisotopic (exact) mass is 414 g/mol. The van der Waals surface area contributed by atoms with Gasteiger partial charge in [0.1, 0.15) is 11.6 Å². The lowest BCUT2D eigenvalue weighted by atomic mass is 10.2. The minimum absolute atomic E-state index is 0.343. The van der Waals surface area contributed by atoms with Crippen LogP contribution in [0.2, 0.25) is 0 Å². The van der Waals surface area contributed by atoms with Gasteiger partial charge >= 0.3 is 0 Å². The van der Waals surface area contributed by atoms with Gasteiger partial charge in [0.25, 0.3) is 0 Å². The molecule has 25 heavy (non-hydrogen) atoms. The van der Waals surface area contributed by atoms with Gasteiger partial charge in [-0.3, -0.25) is 0 Å². The van der Waals surface area contributed by atoms with Gasteiger partial charge in [-0.2, -0.15) is 9.61 Å².